The largest absolute Gasteiger partial charge is 0.448 e. The zero-order valence-electron chi connectivity index (χ0n) is 12.4. The first-order valence-corrected chi connectivity index (χ1v) is 7.57. The highest BCUT2D eigenvalue weighted by atomic mass is 32.1. The second-order valence-corrected chi connectivity index (χ2v) is 5.66. The number of aryl methyl sites for hydroxylation is 1. The van der Waals surface area contributed by atoms with E-state index in [-0.39, 0.29) is 11.4 Å². The van der Waals surface area contributed by atoms with E-state index < -0.39 is 22.9 Å². The minimum atomic E-state index is -1.08. The van der Waals surface area contributed by atoms with Crippen molar-refractivity contribution in [2.24, 2.45) is 0 Å². The van der Waals surface area contributed by atoms with Gasteiger partial charge in [0.2, 0.25) is 0 Å². The number of carbonyl (C=O) groups is 2. The molecule has 0 aliphatic carbocycles. The number of ether oxygens (including phenoxy) is 1. The van der Waals surface area contributed by atoms with Gasteiger partial charge in [-0.2, -0.15) is 0 Å². The van der Waals surface area contributed by atoms with E-state index >= 15 is 0 Å². The summed E-state index contributed by atoms with van der Waals surface area (Å²) in [5, 5.41) is 15.1. The second-order valence-electron chi connectivity index (χ2n) is 4.74. The van der Waals surface area contributed by atoms with Crippen molar-refractivity contribution in [3.63, 3.8) is 0 Å². The maximum absolute atomic E-state index is 12.1. The number of hydrogen-bond donors (Lipinski definition) is 1. The summed E-state index contributed by atoms with van der Waals surface area (Å²) in [6.07, 6.45) is -1.08. The van der Waals surface area contributed by atoms with Crippen LogP contribution in [0.15, 0.2) is 35.7 Å². The lowest BCUT2D eigenvalue weighted by Gasteiger charge is -2.13. The zero-order chi connectivity index (χ0) is 17.0. The molecule has 0 aliphatic heterocycles. The van der Waals surface area contributed by atoms with E-state index in [0.717, 1.165) is 5.56 Å². The molecule has 120 valence electrons. The van der Waals surface area contributed by atoms with Crippen LogP contribution in [0.1, 0.15) is 22.2 Å². The third kappa shape index (κ3) is 3.92. The van der Waals surface area contributed by atoms with Crippen LogP contribution in [0.3, 0.4) is 0 Å². The van der Waals surface area contributed by atoms with Gasteiger partial charge in [0.25, 0.3) is 11.6 Å². The van der Waals surface area contributed by atoms with Gasteiger partial charge in [-0.25, -0.2) is 4.79 Å². The van der Waals surface area contributed by atoms with E-state index in [2.05, 4.69) is 5.32 Å². The summed E-state index contributed by atoms with van der Waals surface area (Å²) in [5.41, 5.74) is 0.595. The number of amides is 1. The van der Waals surface area contributed by atoms with E-state index in [1.54, 1.807) is 24.4 Å². The number of nitro groups is 1. The molecule has 0 radical (unpaired) electrons. The van der Waals surface area contributed by atoms with Crippen molar-refractivity contribution < 1.29 is 19.2 Å². The summed E-state index contributed by atoms with van der Waals surface area (Å²) in [6.45, 7) is 3.18. The number of carbonyl (C=O) groups excluding carboxylic acids is 2. The predicted octanol–water partition coefficient (Wildman–Crippen LogP) is 3.15. The Morgan fingerprint density at radius 1 is 1.30 bits per heavy atom. The van der Waals surface area contributed by atoms with Gasteiger partial charge in [-0.15, -0.1) is 11.3 Å². The molecule has 0 aliphatic rings. The molecule has 1 aromatic heterocycles. The molecule has 1 heterocycles. The highest BCUT2D eigenvalue weighted by Crippen LogP contribution is 2.23. The predicted molar refractivity (Wildman–Crippen MR) is 85.7 cm³/mol. The van der Waals surface area contributed by atoms with E-state index in [1.165, 1.54) is 36.5 Å². The first-order valence-electron chi connectivity index (χ1n) is 6.69. The SMILES string of the molecule is Cc1ccsc1C(=O)OC(C)C(=O)Nc1ccccc1[N+](=O)[O-]. The van der Waals surface area contributed by atoms with Crippen molar-refractivity contribution >= 4 is 34.6 Å². The molecule has 2 rings (SSSR count). The molecule has 0 fully saturated rings. The summed E-state index contributed by atoms with van der Waals surface area (Å²) >= 11 is 1.23. The molecule has 0 saturated heterocycles. The van der Waals surface area contributed by atoms with Crippen LogP contribution < -0.4 is 5.32 Å². The van der Waals surface area contributed by atoms with Crippen molar-refractivity contribution in [2.75, 3.05) is 5.32 Å². The summed E-state index contributed by atoms with van der Waals surface area (Å²) in [6, 6.07) is 7.53. The number of nitro benzene ring substituents is 1. The van der Waals surface area contributed by atoms with Crippen molar-refractivity contribution in [2.45, 2.75) is 20.0 Å². The van der Waals surface area contributed by atoms with Gasteiger partial charge >= 0.3 is 5.97 Å². The number of benzene rings is 1. The van der Waals surface area contributed by atoms with Gasteiger partial charge in [-0.05, 0) is 36.9 Å². The van der Waals surface area contributed by atoms with Crippen LogP contribution in [0.5, 0.6) is 0 Å². The van der Waals surface area contributed by atoms with Gasteiger partial charge in [-0.1, -0.05) is 12.1 Å². The molecule has 2 aromatic rings. The molecular formula is C15H14N2O5S. The number of esters is 1. The average molecular weight is 334 g/mol. The Hall–Kier alpha value is -2.74. The number of hydrogen-bond acceptors (Lipinski definition) is 6. The minimum Gasteiger partial charge on any atom is -0.448 e. The van der Waals surface area contributed by atoms with E-state index in [4.69, 9.17) is 4.74 Å². The van der Waals surface area contributed by atoms with Crippen molar-refractivity contribution in [3.05, 3.63) is 56.3 Å². The maximum atomic E-state index is 12.1. The van der Waals surface area contributed by atoms with Gasteiger partial charge in [-0.3, -0.25) is 14.9 Å². The molecule has 0 saturated carbocycles. The van der Waals surface area contributed by atoms with Gasteiger partial charge in [0.15, 0.2) is 6.10 Å². The van der Waals surface area contributed by atoms with E-state index in [9.17, 15) is 19.7 Å². The van der Waals surface area contributed by atoms with Crippen LogP contribution in [0.4, 0.5) is 11.4 Å². The van der Waals surface area contributed by atoms with Gasteiger partial charge < -0.3 is 10.1 Å². The molecule has 0 bridgehead atoms. The monoisotopic (exact) mass is 334 g/mol. The number of thiophene rings is 1. The number of para-hydroxylation sites is 2. The zero-order valence-corrected chi connectivity index (χ0v) is 13.3. The van der Waals surface area contributed by atoms with E-state index in [0.29, 0.717) is 4.88 Å². The molecular weight excluding hydrogens is 320 g/mol. The van der Waals surface area contributed by atoms with Gasteiger partial charge in [0.1, 0.15) is 10.6 Å². The molecule has 7 nitrogen and oxygen atoms in total. The van der Waals surface area contributed by atoms with Crippen LogP contribution in [0.2, 0.25) is 0 Å². The number of nitrogens with one attached hydrogen (secondary N) is 1. The Morgan fingerprint density at radius 3 is 2.61 bits per heavy atom. The highest BCUT2D eigenvalue weighted by molar-refractivity contribution is 7.12. The fraction of sp³-hybridized carbons (Fsp3) is 0.200. The third-order valence-corrected chi connectivity index (χ3v) is 4.06. The van der Waals surface area contributed by atoms with Crippen LogP contribution >= 0.6 is 11.3 Å². The van der Waals surface area contributed by atoms with Crippen LogP contribution in [-0.4, -0.2) is 22.9 Å². The Labute approximate surface area is 136 Å². The molecule has 23 heavy (non-hydrogen) atoms. The number of nitrogens with zero attached hydrogens (tertiary/aromatic N) is 1. The lowest BCUT2D eigenvalue weighted by molar-refractivity contribution is -0.383. The molecule has 1 aromatic carbocycles. The summed E-state index contributed by atoms with van der Waals surface area (Å²) in [7, 11) is 0. The van der Waals surface area contributed by atoms with Crippen LogP contribution in [0, 0.1) is 17.0 Å². The Kier molecular flexibility index (Phi) is 5.07. The minimum absolute atomic E-state index is 0.0534. The Morgan fingerprint density at radius 2 is 2.00 bits per heavy atom. The van der Waals surface area contributed by atoms with Crippen molar-refractivity contribution in [3.8, 4) is 0 Å². The standard InChI is InChI=1S/C15H14N2O5S/c1-9-7-8-23-13(9)15(19)22-10(2)14(18)16-11-5-3-4-6-12(11)17(20)21/h3-8,10H,1-2H3,(H,16,18). The molecule has 1 unspecified atom stereocenters. The van der Waals surface area contributed by atoms with Crippen molar-refractivity contribution in [1.82, 2.24) is 0 Å². The summed E-state index contributed by atoms with van der Waals surface area (Å²) < 4.78 is 5.10. The van der Waals surface area contributed by atoms with Gasteiger partial charge in [0.05, 0.1) is 4.92 Å². The topological polar surface area (TPSA) is 98.5 Å². The third-order valence-electron chi connectivity index (χ3n) is 3.06. The fourth-order valence-corrected chi connectivity index (χ4v) is 2.63. The van der Waals surface area contributed by atoms with Gasteiger partial charge in [0, 0.05) is 6.07 Å². The summed E-state index contributed by atoms with van der Waals surface area (Å²) in [5.74, 6) is -1.23. The normalized spacial score (nSPS) is 11.6. The fourth-order valence-electron chi connectivity index (χ4n) is 1.82. The first-order chi connectivity index (χ1) is 10.9. The second kappa shape index (κ2) is 7.01. The number of anilines is 1. The first kappa shape index (κ1) is 16.6. The van der Waals surface area contributed by atoms with Crippen molar-refractivity contribution in [1.29, 1.82) is 0 Å². The number of rotatable bonds is 5. The quantitative estimate of drug-likeness (QED) is 0.514. The molecule has 0 spiro atoms. The molecule has 8 heteroatoms. The Balaban J connectivity index is 2.05. The Bertz CT molecular complexity index is 756. The molecule has 1 atom stereocenters. The van der Waals surface area contributed by atoms with E-state index in [1.807, 2.05) is 0 Å². The van der Waals surface area contributed by atoms with Crippen LogP contribution in [-0.2, 0) is 9.53 Å². The molecule has 1 amide bonds. The maximum Gasteiger partial charge on any atom is 0.349 e. The summed E-state index contributed by atoms with van der Waals surface area (Å²) in [4.78, 5) is 34.8. The smallest absolute Gasteiger partial charge is 0.349 e. The molecule has 1 N–H and O–H groups in total. The lowest BCUT2D eigenvalue weighted by atomic mass is 10.2. The van der Waals surface area contributed by atoms with Crippen LogP contribution in [0.25, 0.3) is 0 Å². The average Bonchev–Trinajstić information content (AvgIpc) is 2.93. The highest BCUT2D eigenvalue weighted by Gasteiger charge is 2.23. The lowest BCUT2D eigenvalue weighted by Crippen LogP contribution is -2.30.